The summed E-state index contributed by atoms with van der Waals surface area (Å²) in [5.41, 5.74) is 9.85. The number of benzene rings is 1. The monoisotopic (exact) mass is 247 g/mol. The Bertz CT molecular complexity index is 416. The van der Waals surface area contributed by atoms with Crippen LogP contribution in [0, 0.1) is 19.3 Å². The summed E-state index contributed by atoms with van der Waals surface area (Å²) >= 11 is 0. The van der Waals surface area contributed by atoms with Gasteiger partial charge in [0.2, 0.25) is 0 Å². The largest absolute Gasteiger partial charge is 0.392 e. The lowest BCUT2D eigenvalue weighted by Crippen LogP contribution is -2.45. The number of aliphatic hydroxyl groups is 1. The fourth-order valence-electron chi connectivity index (χ4n) is 3.17. The first kappa shape index (κ1) is 13.6. The average Bonchev–Trinajstić information content (AvgIpc) is 2.37. The van der Waals surface area contributed by atoms with E-state index < -0.39 is 0 Å². The van der Waals surface area contributed by atoms with Crippen LogP contribution in [0.1, 0.15) is 42.4 Å². The van der Waals surface area contributed by atoms with E-state index in [1.165, 1.54) is 23.1 Å². The molecular weight excluding hydrogens is 222 g/mol. The molecule has 1 aromatic rings. The van der Waals surface area contributed by atoms with Crippen molar-refractivity contribution in [2.24, 2.45) is 11.1 Å². The first-order valence-electron chi connectivity index (χ1n) is 7.02. The Hall–Kier alpha value is -0.860. The average molecular weight is 247 g/mol. The van der Waals surface area contributed by atoms with E-state index in [2.05, 4.69) is 32.0 Å². The van der Waals surface area contributed by atoms with Crippen LogP contribution in [-0.4, -0.2) is 17.8 Å². The summed E-state index contributed by atoms with van der Waals surface area (Å²) in [4.78, 5) is 0. The summed E-state index contributed by atoms with van der Waals surface area (Å²) in [6.07, 6.45) is 4.96. The van der Waals surface area contributed by atoms with Crippen molar-refractivity contribution in [2.45, 2.75) is 52.1 Å². The molecule has 0 aromatic heterocycles. The van der Waals surface area contributed by atoms with Crippen LogP contribution in [0.5, 0.6) is 0 Å². The Morgan fingerprint density at radius 1 is 1.33 bits per heavy atom. The van der Waals surface area contributed by atoms with Crippen molar-refractivity contribution in [1.29, 1.82) is 0 Å². The Morgan fingerprint density at radius 3 is 2.78 bits per heavy atom. The number of aryl methyl sites for hydroxylation is 2. The predicted octanol–water partition coefficient (Wildman–Crippen LogP) is 2.73. The number of nitrogens with two attached hydrogens (primary N) is 1. The van der Waals surface area contributed by atoms with Crippen molar-refractivity contribution in [3.63, 3.8) is 0 Å². The highest BCUT2D eigenvalue weighted by atomic mass is 16.3. The number of aliphatic hydroxyl groups excluding tert-OH is 1. The molecule has 1 fully saturated rings. The van der Waals surface area contributed by atoms with Gasteiger partial charge >= 0.3 is 0 Å². The van der Waals surface area contributed by atoms with E-state index in [0.717, 1.165) is 25.7 Å². The number of rotatable bonds is 3. The van der Waals surface area contributed by atoms with Gasteiger partial charge in [0.15, 0.2) is 0 Å². The Balaban J connectivity index is 2.26. The van der Waals surface area contributed by atoms with E-state index in [0.29, 0.717) is 6.54 Å². The molecule has 0 saturated heterocycles. The molecule has 2 atom stereocenters. The zero-order valence-electron chi connectivity index (χ0n) is 11.6. The van der Waals surface area contributed by atoms with Crippen LogP contribution in [0.3, 0.4) is 0 Å². The summed E-state index contributed by atoms with van der Waals surface area (Å²) in [5.74, 6) is 0. The lowest BCUT2D eigenvalue weighted by molar-refractivity contribution is -0.00593. The highest BCUT2D eigenvalue weighted by Crippen LogP contribution is 2.39. The third kappa shape index (κ3) is 2.60. The van der Waals surface area contributed by atoms with E-state index in [4.69, 9.17) is 5.73 Å². The molecule has 0 radical (unpaired) electrons. The molecule has 18 heavy (non-hydrogen) atoms. The Labute approximate surface area is 110 Å². The van der Waals surface area contributed by atoms with Crippen molar-refractivity contribution in [3.8, 4) is 0 Å². The molecule has 0 heterocycles. The zero-order chi connectivity index (χ0) is 13.2. The molecule has 1 aliphatic carbocycles. The van der Waals surface area contributed by atoms with Crippen molar-refractivity contribution >= 4 is 0 Å². The van der Waals surface area contributed by atoms with Gasteiger partial charge in [-0.05, 0) is 44.2 Å². The summed E-state index contributed by atoms with van der Waals surface area (Å²) in [6, 6.07) is 6.56. The van der Waals surface area contributed by atoms with Crippen molar-refractivity contribution in [2.75, 3.05) is 6.54 Å². The number of hydrogen-bond donors (Lipinski definition) is 2. The zero-order valence-corrected chi connectivity index (χ0v) is 11.6. The molecule has 1 saturated carbocycles. The minimum absolute atomic E-state index is 0.100. The van der Waals surface area contributed by atoms with Crippen molar-refractivity contribution < 1.29 is 5.11 Å². The van der Waals surface area contributed by atoms with Crippen molar-refractivity contribution in [1.82, 2.24) is 0 Å². The molecule has 0 amide bonds. The van der Waals surface area contributed by atoms with Gasteiger partial charge in [0, 0.05) is 12.0 Å². The number of hydrogen-bond acceptors (Lipinski definition) is 2. The molecular formula is C16H25NO. The fraction of sp³-hybridized carbons (Fsp3) is 0.625. The van der Waals surface area contributed by atoms with Crippen molar-refractivity contribution in [3.05, 3.63) is 34.9 Å². The second-order valence-corrected chi connectivity index (χ2v) is 5.93. The molecule has 0 aliphatic heterocycles. The third-order valence-corrected chi connectivity index (χ3v) is 4.56. The van der Waals surface area contributed by atoms with Gasteiger partial charge in [-0.25, -0.2) is 0 Å². The third-order valence-electron chi connectivity index (χ3n) is 4.56. The topological polar surface area (TPSA) is 46.2 Å². The molecule has 2 unspecified atom stereocenters. The van der Waals surface area contributed by atoms with Gasteiger partial charge in [-0.2, -0.15) is 0 Å². The summed E-state index contributed by atoms with van der Waals surface area (Å²) < 4.78 is 0. The van der Waals surface area contributed by atoms with Crippen LogP contribution in [-0.2, 0) is 6.42 Å². The van der Waals surface area contributed by atoms with Gasteiger partial charge in [-0.15, -0.1) is 0 Å². The summed E-state index contributed by atoms with van der Waals surface area (Å²) in [6.45, 7) is 4.85. The van der Waals surface area contributed by atoms with Crippen LogP contribution in [0.15, 0.2) is 18.2 Å². The Kier molecular flexibility index (Phi) is 4.08. The molecule has 0 spiro atoms. The first-order chi connectivity index (χ1) is 8.57. The summed E-state index contributed by atoms with van der Waals surface area (Å²) in [7, 11) is 0. The molecule has 3 N–H and O–H groups in total. The van der Waals surface area contributed by atoms with Gasteiger partial charge in [0.1, 0.15) is 0 Å². The van der Waals surface area contributed by atoms with Crippen LogP contribution < -0.4 is 5.73 Å². The smallest absolute Gasteiger partial charge is 0.0611 e. The van der Waals surface area contributed by atoms with Gasteiger partial charge in [-0.3, -0.25) is 0 Å². The van der Waals surface area contributed by atoms with Crippen LogP contribution in [0.25, 0.3) is 0 Å². The molecule has 100 valence electrons. The Morgan fingerprint density at radius 2 is 2.11 bits per heavy atom. The normalized spacial score (nSPS) is 28.3. The molecule has 1 aromatic carbocycles. The quantitative estimate of drug-likeness (QED) is 0.862. The van der Waals surface area contributed by atoms with Gasteiger partial charge in [0.25, 0.3) is 0 Å². The fourth-order valence-corrected chi connectivity index (χ4v) is 3.17. The van der Waals surface area contributed by atoms with Crippen LogP contribution >= 0.6 is 0 Å². The highest BCUT2D eigenvalue weighted by Gasteiger charge is 2.38. The lowest BCUT2D eigenvalue weighted by Gasteiger charge is -2.41. The maximum Gasteiger partial charge on any atom is 0.0611 e. The SMILES string of the molecule is Cc1ccc(C)c(CC2(CN)CCCCC2O)c1. The second-order valence-electron chi connectivity index (χ2n) is 5.93. The van der Waals surface area contributed by atoms with E-state index in [1.54, 1.807) is 0 Å². The van der Waals surface area contributed by atoms with E-state index in [1.807, 2.05) is 0 Å². The van der Waals surface area contributed by atoms with E-state index in [9.17, 15) is 5.11 Å². The highest BCUT2D eigenvalue weighted by molar-refractivity contribution is 5.31. The van der Waals surface area contributed by atoms with E-state index in [-0.39, 0.29) is 11.5 Å². The first-order valence-corrected chi connectivity index (χ1v) is 7.02. The second kappa shape index (κ2) is 5.41. The van der Waals surface area contributed by atoms with Crippen LogP contribution in [0.2, 0.25) is 0 Å². The molecule has 2 rings (SSSR count). The standard InChI is InChI=1S/C16H25NO/c1-12-6-7-13(2)14(9-12)10-16(11-17)8-4-3-5-15(16)18/h6-7,9,15,18H,3-5,8,10-11,17H2,1-2H3. The maximum absolute atomic E-state index is 10.4. The molecule has 1 aliphatic rings. The minimum atomic E-state index is -0.240. The predicted molar refractivity (Wildman–Crippen MR) is 75.6 cm³/mol. The van der Waals surface area contributed by atoms with Gasteiger partial charge in [0.05, 0.1) is 6.10 Å². The molecule has 2 nitrogen and oxygen atoms in total. The van der Waals surface area contributed by atoms with Gasteiger partial charge in [-0.1, -0.05) is 36.6 Å². The van der Waals surface area contributed by atoms with Crippen LogP contribution in [0.4, 0.5) is 0 Å². The van der Waals surface area contributed by atoms with Gasteiger partial charge < -0.3 is 10.8 Å². The maximum atomic E-state index is 10.4. The lowest BCUT2D eigenvalue weighted by atomic mass is 9.68. The molecule has 0 bridgehead atoms. The molecule has 2 heteroatoms. The summed E-state index contributed by atoms with van der Waals surface area (Å²) in [5, 5.41) is 10.4. The minimum Gasteiger partial charge on any atom is -0.392 e. The van der Waals surface area contributed by atoms with E-state index >= 15 is 0 Å².